The fourth-order valence-electron chi connectivity index (χ4n) is 20.3. The number of aliphatic carboxylic acids is 2. The van der Waals surface area contributed by atoms with Crippen molar-refractivity contribution in [1.82, 2.24) is 0 Å². The second-order valence-corrected chi connectivity index (χ2v) is 38.9. The molecule has 5 saturated carbocycles. The molecule has 5 fully saturated rings. The average molecular weight is 1770 g/mol. The third-order valence-corrected chi connectivity index (χ3v) is 26.5. The van der Waals surface area contributed by atoms with E-state index in [1.54, 1.807) is 77.9 Å². The van der Waals surface area contributed by atoms with Crippen LogP contribution in [0.5, 0.6) is 51.7 Å². The molecule has 0 radical (unpaired) electrons. The van der Waals surface area contributed by atoms with E-state index >= 15 is 0 Å². The second kappa shape index (κ2) is 44.8. The maximum atomic E-state index is 12.4. The Kier molecular flexibility index (Phi) is 33.6. The fourth-order valence-corrected chi connectivity index (χ4v) is 20.3. The first kappa shape index (κ1) is 97.5. The van der Waals surface area contributed by atoms with Crippen molar-refractivity contribution in [3.8, 4) is 51.7 Å². The van der Waals surface area contributed by atoms with Gasteiger partial charge in [-0.1, -0.05) is 169 Å². The van der Waals surface area contributed by atoms with Crippen LogP contribution in [-0.2, 0) is 41.5 Å². The number of hydrogen-bond acceptors (Lipinski definition) is 17. The molecule has 9 aromatic carbocycles. The van der Waals surface area contributed by atoms with Crippen LogP contribution in [0.1, 0.15) is 375 Å². The summed E-state index contributed by atoms with van der Waals surface area (Å²) in [5.74, 6) is 0.180. The lowest BCUT2D eigenvalue weighted by Crippen LogP contribution is -2.27. The number of phenols is 5. The summed E-state index contributed by atoms with van der Waals surface area (Å²) in [6.45, 7) is 18.9. The average Bonchev–Trinajstić information content (AvgIpc) is 0.757. The molecule has 0 amide bonds. The first-order valence-corrected chi connectivity index (χ1v) is 47.1. The van der Waals surface area contributed by atoms with E-state index in [-0.39, 0.29) is 71.4 Å². The van der Waals surface area contributed by atoms with Crippen molar-refractivity contribution in [2.75, 3.05) is 26.4 Å². The van der Waals surface area contributed by atoms with Crippen LogP contribution in [-0.4, -0.2) is 110 Å². The minimum absolute atomic E-state index is 0.195. The maximum absolute atomic E-state index is 12.4. The first-order valence-electron chi connectivity index (χ1n) is 47.1. The number of rotatable bonds is 29. The summed E-state index contributed by atoms with van der Waals surface area (Å²) in [4.78, 5) is 71.6. The molecule has 19 heteroatoms. The van der Waals surface area contributed by atoms with Crippen LogP contribution in [0, 0.1) is 34.6 Å². The highest BCUT2D eigenvalue weighted by Gasteiger charge is 2.35. The summed E-state index contributed by atoms with van der Waals surface area (Å²) in [5.41, 5.74) is 17.8. The van der Waals surface area contributed by atoms with Gasteiger partial charge in [0.1, 0.15) is 62.9 Å². The third-order valence-electron chi connectivity index (χ3n) is 26.5. The monoisotopic (exact) mass is 1770 g/mol. The van der Waals surface area contributed by atoms with Crippen LogP contribution in [0.3, 0.4) is 0 Å². The van der Waals surface area contributed by atoms with E-state index in [9.17, 15) is 64.5 Å². The Morgan fingerprint density at radius 2 is 0.577 bits per heavy atom. The van der Waals surface area contributed by atoms with Gasteiger partial charge in [0, 0.05) is 23.0 Å². The van der Waals surface area contributed by atoms with Gasteiger partial charge in [-0.05, 0) is 350 Å². The number of benzene rings is 9. The normalized spacial score (nSPS) is 15.6. The Bertz CT molecular complexity index is 5010. The van der Waals surface area contributed by atoms with Gasteiger partial charge in [0.25, 0.3) is 0 Å². The standard InChI is InChI=1S/C71H84O10.C27H32O8.C13H18O/c1-42-29-62(72)56(48-17-9-5-10-18-48)36-52(42)70(53-37-57(63(73)30-43(53)2)49-19-11-6-12-20-49)60-34-46(25-27-66(60)80-40-68(76)77)33-47-26-28-67(81-41-69(78)79)61(35-47)71(54-38-58(64(74)31-44(54)3)50-21-13-7-14-22-50)55-39-59(65(75)32-45(55)4)51-23-15-8-16-24-51;1-26(2,3)34-24(30)16-32-22-9-7-18(12-20(22)14-28)11-19-8-10-23(21(13-19)15-29)33-17-25(31)35-27(4,5)6;1-10-7-8-12(13(14)9-10)11-5-3-2-4-6-11/h25-32,34-39,48-51,70-75H,5-24,33,40-41H2,1-4H3,(H,76,77)(H,78,79);7-10,12-15H,11,16-17H2,1-6H3;7-9,11,14H,2-6H2,1H3. The number of phenolic OH excluding ortho intramolecular Hbond substituents is 5. The SMILES string of the molecule is CC(C)(C)OC(=O)COc1ccc(Cc2ccc(OCC(=O)OC(C)(C)C)c(C=O)c2)cc1C=O.Cc1cc(O)c(C2CCCCC2)cc1C(c1cc(C2CCCCC2)c(O)cc1C)c1cc(Cc2ccc(OCC(=O)O)c(C(c3cc(C4CCCCC4)c(O)cc3C)c3cc(C4CCCCC4)c(O)cc3C)c2)ccc1OCC(=O)O.Cc1ccc(C2CCCCC2)c(O)c1. The summed E-state index contributed by atoms with van der Waals surface area (Å²) >= 11 is 0. The van der Waals surface area contributed by atoms with Gasteiger partial charge in [0.15, 0.2) is 39.0 Å². The molecule has 0 bridgehead atoms. The molecule has 0 unspecified atom stereocenters. The van der Waals surface area contributed by atoms with Gasteiger partial charge < -0.3 is 64.2 Å². The topological polar surface area (TPSA) is 299 Å². The van der Waals surface area contributed by atoms with E-state index in [0.717, 1.165) is 214 Å². The molecule has 0 saturated heterocycles. The lowest BCUT2D eigenvalue weighted by atomic mass is 9.75. The van der Waals surface area contributed by atoms with Gasteiger partial charge in [-0.2, -0.15) is 0 Å². The Balaban J connectivity index is 0.000000254. The largest absolute Gasteiger partial charge is 0.508 e. The Morgan fingerprint density at radius 3 is 0.846 bits per heavy atom. The summed E-state index contributed by atoms with van der Waals surface area (Å²) in [6, 6.07) is 44.4. The van der Waals surface area contributed by atoms with Gasteiger partial charge in [-0.25, -0.2) is 19.2 Å². The van der Waals surface area contributed by atoms with Crippen molar-refractivity contribution in [3.05, 3.63) is 262 Å². The molecule has 692 valence electrons. The van der Waals surface area contributed by atoms with Crippen LogP contribution in [0.2, 0.25) is 0 Å². The third kappa shape index (κ3) is 26.2. The van der Waals surface area contributed by atoms with E-state index in [0.29, 0.717) is 59.7 Å². The van der Waals surface area contributed by atoms with Crippen molar-refractivity contribution < 1.29 is 92.9 Å². The highest BCUT2D eigenvalue weighted by molar-refractivity contribution is 5.82. The quantitative estimate of drug-likeness (QED) is 0.0130. The molecule has 14 rings (SSSR count). The molecule has 130 heavy (non-hydrogen) atoms. The first-order chi connectivity index (χ1) is 62.2. The zero-order valence-electron chi connectivity index (χ0n) is 77.9. The predicted molar refractivity (Wildman–Crippen MR) is 506 cm³/mol. The molecule has 0 aromatic heterocycles. The summed E-state index contributed by atoms with van der Waals surface area (Å²) in [5, 5.41) is 76.9. The molecule has 19 nitrogen and oxygen atoms in total. The number of carboxylic acids is 2. The number of aromatic hydroxyl groups is 5. The van der Waals surface area contributed by atoms with Crippen LogP contribution in [0.4, 0.5) is 0 Å². The molecule has 0 heterocycles. The van der Waals surface area contributed by atoms with Gasteiger partial charge in [0.05, 0.1) is 11.1 Å². The molecule has 5 aliphatic rings. The van der Waals surface area contributed by atoms with E-state index in [1.807, 2.05) is 89.2 Å². The summed E-state index contributed by atoms with van der Waals surface area (Å²) in [6.07, 6.45) is 29.9. The number of carbonyl (C=O) groups excluding carboxylic acids is 4. The van der Waals surface area contributed by atoms with E-state index < -0.39 is 60.1 Å². The number of ether oxygens (including phenoxy) is 6. The van der Waals surface area contributed by atoms with Crippen molar-refractivity contribution in [3.63, 3.8) is 0 Å². The van der Waals surface area contributed by atoms with Gasteiger partial charge in [-0.3, -0.25) is 9.59 Å². The van der Waals surface area contributed by atoms with Crippen molar-refractivity contribution in [2.24, 2.45) is 0 Å². The molecule has 0 atom stereocenters. The minimum Gasteiger partial charge on any atom is -0.508 e. The number of carbonyl (C=O) groups is 6. The minimum atomic E-state index is -1.10. The lowest BCUT2D eigenvalue weighted by Gasteiger charge is -2.30. The maximum Gasteiger partial charge on any atom is 0.344 e. The van der Waals surface area contributed by atoms with E-state index in [2.05, 4.69) is 48.5 Å². The summed E-state index contributed by atoms with van der Waals surface area (Å²) in [7, 11) is 0. The Hall–Kier alpha value is -11.6. The lowest BCUT2D eigenvalue weighted by molar-refractivity contribution is -0.158. The second-order valence-electron chi connectivity index (χ2n) is 38.9. The molecular formula is C111H134O19. The Labute approximate surface area is 767 Å². The molecule has 0 spiro atoms. The number of aryl methyl sites for hydroxylation is 5. The van der Waals surface area contributed by atoms with Crippen molar-refractivity contribution >= 4 is 36.4 Å². The zero-order chi connectivity index (χ0) is 93.1. The number of esters is 2. The summed E-state index contributed by atoms with van der Waals surface area (Å²) < 4.78 is 33.9. The van der Waals surface area contributed by atoms with Crippen LogP contribution in [0.25, 0.3) is 0 Å². The number of aldehydes is 2. The van der Waals surface area contributed by atoms with Gasteiger partial charge >= 0.3 is 23.9 Å². The van der Waals surface area contributed by atoms with Crippen molar-refractivity contribution in [1.29, 1.82) is 0 Å². The van der Waals surface area contributed by atoms with Crippen molar-refractivity contribution in [2.45, 2.75) is 302 Å². The Morgan fingerprint density at radius 1 is 0.315 bits per heavy atom. The van der Waals surface area contributed by atoms with E-state index in [1.165, 1.54) is 57.8 Å². The molecular weight excluding hydrogens is 1640 g/mol. The van der Waals surface area contributed by atoms with Crippen LogP contribution >= 0.6 is 0 Å². The van der Waals surface area contributed by atoms with Gasteiger partial charge in [0.2, 0.25) is 0 Å². The number of hydrogen-bond donors (Lipinski definition) is 7. The molecule has 5 aliphatic carbocycles. The molecule has 7 N–H and O–H groups in total. The molecule has 9 aromatic rings. The zero-order valence-corrected chi connectivity index (χ0v) is 77.9. The predicted octanol–water partition coefficient (Wildman–Crippen LogP) is 24.9. The van der Waals surface area contributed by atoms with Gasteiger partial charge in [-0.15, -0.1) is 0 Å². The number of carboxylic acid groups (broad SMARTS) is 2. The highest BCUT2D eigenvalue weighted by atomic mass is 16.6. The van der Waals surface area contributed by atoms with Crippen LogP contribution in [0.15, 0.2) is 140 Å². The molecule has 0 aliphatic heterocycles. The fraction of sp³-hybridized carbons (Fsp3) is 0.459. The van der Waals surface area contributed by atoms with Crippen LogP contribution < -0.4 is 18.9 Å². The van der Waals surface area contributed by atoms with E-state index in [4.69, 9.17) is 28.4 Å². The highest BCUT2D eigenvalue weighted by Crippen LogP contribution is 2.52. The smallest absolute Gasteiger partial charge is 0.344 e.